The number of carbonyl (C=O) groups is 3. The summed E-state index contributed by atoms with van der Waals surface area (Å²) in [6.07, 6.45) is -1.17. The second-order valence-electron chi connectivity index (χ2n) is 5.22. The fourth-order valence-corrected chi connectivity index (χ4v) is 2.06. The first-order chi connectivity index (χ1) is 12.9. The average molecular weight is 382 g/mol. The van der Waals surface area contributed by atoms with Crippen LogP contribution in [0.3, 0.4) is 0 Å². The van der Waals surface area contributed by atoms with Crippen LogP contribution >= 0.6 is 0 Å². The zero-order chi connectivity index (χ0) is 20.4. The number of hydrogen-bond acceptors (Lipinski definition) is 7. The standard InChI is InChI=1S/C18H26N2O7/c1-6-24-13-9-12(10-14(25-7-2)15(13)26-8-3)17(22)27-11(4)16(21)20-18(23)19-5/h9-11H,6-8H2,1-5H3,(H2,19,20,21,23). The predicted molar refractivity (Wildman–Crippen MR) is 97.4 cm³/mol. The van der Waals surface area contributed by atoms with E-state index in [0.29, 0.717) is 37.1 Å². The van der Waals surface area contributed by atoms with Crippen LogP contribution in [0.1, 0.15) is 38.1 Å². The summed E-state index contributed by atoms with van der Waals surface area (Å²) in [6, 6.07) is 2.23. The first-order valence-corrected chi connectivity index (χ1v) is 8.67. The van der Waals surface area contributed by atoms with Crippen molar-refractivity contribution >= 4 is 17.9 Å². The van der Waals surface area contributed by atoms with E-state index in [4.69, 9.17) is 18.9 Å². The Balaban J connectivity index is 3.07. The molecule has 0 aliphatic heterocycles. The number of benzene rings is 1. The number of esters is 1. The van der Waals surface area contributed by atoms with Gasteiger partial charge in [0, 0.05) is 7.05 Å². The van der Waals surface area contributed by atoms with Crippen molar-refractivity contribution in [1.82, 2.24) is 10.6 Å². The fourth-order valence-electron chi connectivity index (χ4n) is 2.06. The van der Waals surface area contributed by atoms with Crippen LogP contribution in [0, 0.1) is 0 Å². The molecule has 9 heteroatoms. The molecule has 0 saturated heterocycles. The van der Waals surface area contributed by atoms with Gasteiger partial charge in [0.25, 0.3) is 5.91 Å². The van der Waals surface area contributed by atoms with E-state index in [1.54, 1.807) is 13.8 Å². The van der Waals surface area contributed by atoms with Crippen molar-refractivity contribution < 1.29 is 33.3 Å². The molecular formula is C18H26N2O7. The van der Waals surface area contributed by atoms with Crippen molar-refractivity contribution in [3.63, 3.8) is 0 Å². The maximum atomic E-state index is 12.4. The molecule has 0 heterocycles. The molecule has 1 aromatic rings. The average Bonchev–Trinajstić information content (AvgIpc) is 2.64. The van der Waals surface area contributed by atoms with Gasteiger partial charge in [0.05, 0.1) is 25.4 Å². The molecule has 3 amide bonds. The molecule has 0 aliphatic carbocycles. The Labute approximate surface area is 158 Å². The third kappa shape index (κ3) is 6.36. The highest BCUT2D eigenvalue weighted by Gasteiger charge is 2.23. The predicted octanol–water partition coefficient (Wildman–Crippen LogP) is 1.88. The van der Waals surface area contributed by atoms with Crippen LogP contribution in [0.2, 0.25) is 0 Å². The van der Waals surface area contributed by atoms with Crippen molar-refractivity contribution in [2.24, 2.45) is 0 Å². The summed E-state index contributed by atoms with van der Waals surface area (Å²) in [7, 11) is 1.36. The van der Waals surface area contributed by atoms with Gasteiger partial charge >= 0.3 is 12.0 Å². The van der Waals surface area contributed by atoms with Crippen molar-refractivity contribution in [3.05, 3.63) is 17.7 Å². The number of hydrogen-bond donors (Lipinski definition) is 2. The molecule has 1 atom stereocenters. The first kappa shape index (κ1) is 22.1. The summed E-state index contributed by atoms with van der Waals surface area (Å²) < 4.78 is 21.8. The van der Waals surface area contributed by atoms with E-state index in [2.05, 4.69) is 5.32 Å². The molecule has 1 unspecified atom stereocenters. The van der Waals surface area contributed by atoms with E-state index in [0.717, 1.165) is 0 Å². The Hall–Kier alpha value is -2.97. The highest BCUT2D eigenvalue weighted by molar-refractivity contribution is 5.98. The minimum atomic E-state index is -1.17. The van der Waals surface area contributed by atoms with Gasteiger partial charge in [0.15, 0.2) is 17.6 Å². The van der Waals surface area contributed by atoms with Gasteiger partial charge in [-0.3, -0.25) is 10.1 Å². The maximum absolute atomic E-state index is 12.4. The normalized spacial score (nSPS) is 11.1. The van der Waals surface area contributed by atoms with E-state index in [9.17, 15) is 14.4 Å². The maximum Gasteiger partial charge on any atom is 0.339 e. The zero-order valence-electron chi connectivity index (χ0n) is 16.2. The molecule has 0 fully saturated rings. The minimum absolute atomic E-state index is 0.130. The van der Waals surface area contributed by atoms with Gasteiger partial charge in [-0.05, 0) is 39.8 Å². The second kappa shape index (κ2) is 10.9. The number of carbonyl (C=O) groups excluding carboxylic acids is 3. The summed E-state index contributed by atoms with van der Waals surface area (Å²) in [6.45, 7) is 7.88. The number of imide groups is 1. The van der Waals surface area contributed by atoms with E-state index < -0.39 is 24.0 Å². The van der Waals surface area contributed by atoms with Gasteiger partial charge in [-0.2, -0.15) is 0 Å². The lowest BCUT2D eigenvalue weighted by atomic mass is 10.1. The third-order valence-corrected chi connectivity index (χ3v) is 3.26. The third-order valence-electron chi connectivity index (χ3n) is 3.26. The number of ether oxygens (including phenoxy) is 4. The number of urea groups is 1. The SMILES string of the molecule is CCOc1cc(C(=O)OC(C)C(=O)NC(=O)NC)cc(OCC)c1OCC. The summed E-state index contributed by atoms with van der Waals surface area (Å²) in [5.74, 6) is -0.453. The van der Waals surface area contributed by atoms with Crippen LogP contribution in [0.15, 0.2) is 12.1 Å². The van der Waals surface area contributed by atoms with Gasteiger partial charge in [0.2, 0.25) is 5.75 Å². The molecule has 0 bridgehead atoms. The molecule has 0 aliphatic rings. The zero-order valence-corrected chi connectivity index (χ0v) is 16.2. The monoisotopic (exact) mass is 382 g/mol. The molecule has 9 nitrogen and oxygen atoms in total. The van der Waals surface area contributed by atoms with Crippen LogP contribution in [0.4, 0.5) is 4.79 Å². The Morgan fingerprint density at radius 1 is 0.963 bits per heavy atom. The Morgan fingerprint density at radius 3 is 1.93 bits per heavy atom. The largest absolute Gasteiger partial charge is 0.490 e. The lowest BCUT2D eigenvalue weighted by Gasteiger charge is -2.18. The molecule has 27 heavy (non-hydrogen) atoms. The molecule has 0 spiro atoms. The lowest BCUT2D eigenvalue weighted by Crippen LogP contribution is -2.43. The van der Waals surface area contributed by atoms with Crippen LogP contribution in [0.25, 0.3) is 0 Å². The minimum Gasteiger partial charge on any atom is -0.490 e. The number of rotatable bonds is 9. The van der Waals surface area contributed by atoms with Crippen molar-refractivity contribution in [2.45, 2.75) is 33.8 Å². The smallest absolute Gasteiger partial charge is 0.339 e. The summed E-state index contributed by atoms with van der Waals surface area (Å²) in [5.41, 5.74) is 0.130. The van der Waals surface area contributed by atoms with Crippen molar-refractivity contribution in [2.75, 3.05) is 26.9 Å². The van der Waals surface area contributed by atoms with E-state index >= 15 is 0 Å². The summed E-state index contributed by atoms with van der Waals surface area (Å²) in [4.78, 5) is 35.5. The molecule has 1 rings (SSSR count). The first-order valence-electron chi connectivity index (χ1n) is 8.67. The van der Waals surface area contributed by atoms with Crippen LogP contribution in [0.5, 0.6) is 17.2 Å². The van der Waals surface area contributed by atoms with Crippen molar-refractivity contribution in [1.29, 1.82) is 0 Å². The van der Waals surface area contributed by atoms with Crippen LogP contribution in [-0.4, -0.2) is 50.9 Å². The topological polar surface area (TPSA) is 112 Å². The van der Waals surface area contributed by atoms with Crippen molar-refractivity contribution in [3.8, 4) is 17.2 Å². The van der Waals surface area contributed by atoms with Gasteiger partial charge in [-0.25, -0.2) is 9.59 Å². The Kier molecular flexibility index (Phi) is 8.91. The van der Waals surface area contributed by atoms with Crippen LogP contribution in [-0.2, 0) is 9.53 Å². The van der Waals surface area contributed by atoms with E-state index in [1.165, 1.54) is 26.1 Å². The summed E-state index contributed by atoms with van der Waals surface area (Å²) >= 11 is 0. The van der Waals surface area contributed by atoms with Gasteiger partial charge < -0.3 is 24.3 Å². The van der Waals surface area contributed by atoms with Gasteiger partial charge in [0.1, 0.15) is 0 Å². The quantitative estimate of drug-likeness (QED) is 0.627. The Bertz CT molecular complexity index is 649. The molecule has 0 radical (unpaired) electrons. The summed E-state index contributed by atoms with van der Waals surface area (Å²) in [5, 5.41) is 4.28. The number of nitrogens with one attached hydrogen (secondary N) is 2. The lowest BCUT2D eigenvalue weighted by molar-refractivity contribution is -0.127. The van der Waals surface area contributed by atoms with E-state index in [-0.39, 0.29) is 5.56 Å². The molecule has 2 N–H and O–H groups in total. The molecule has 150 valence electrons. The molecule has 1 aromatic carbocycles. The molecule has 0 aromatic heterocycles. The molecular weight excluding hydrogens is 356 g/mol. The molecule has 0 saturated carbocycles. The highest BCUT2D eigenvalue weighted by atomic mass is 16.6. The van der Waals surface area contributed by atoms with Crippen LogP contribution < -0.4 is 24.8 Å². The fraction of sp³-hybridized carbons (Fsp3) is 0.500. The van der Waals surface area contributed by atoms with Gasteiger partial charge in [-0.1, -0.05) is 0 Å². The second-order valence-corrected chi connectivity index (χ2v) is 5.22. The highest BCUT2D eigenvalue weighted by Crippen LogP contribution is 2.39. The van der Waals surface area contributed by atoms with E-state index in [1.807, 2.05) is 12.2 Å². The van der Waals surface area contributed by atoms with Gasteiger partial charge in [-0.15, -0.1) is 0 Å². The number of amides is 3. The Morgan fingerprint density at radius 2 is 1.48 bits per heavy atom.